The van der Waals surface area contributed by atoms with E-state index < -0.39 is 21.6 Å². The van der Waals surface area contributed by atoms with Crippen LogP contribution in [-0.2, 0) is 26.9 Å². The largest absolute Gasteiger partial charge is 0.302 e. The molecular formula is C48H50N6O3S. The molecule has 3 fully saturated rings. The summed E-state index contributed by atoms with van der Waals surface area (Å²) < 4.78 is 30.7. The van der Waals surface area contributed by atoms with Gasteiger partial charge in [-0.3, -0.25) is 4.79 Å². The Kier molecular flexibility index (Phi) is 9.48. The van der Waals surface area contributed by atoms with Crippen molar-refractivity contribution in [3.05, 3.63) is 162 Å². The summed E-state index contributed by atoms with van der Waals surface area (Å²) in [6.45, 7) is 8.80. The summed E-state index contributed by atoms with van der Waals surface area (Å²) in [7, 11) is -3.71. The second-order valence-electron chi connectivity index (χ2n) is 17.3. The predicted molar refractivity (Wildman–Crippen MR) is 227 cm³/mol. The maximum absolute atomic E-state index is 14.3. The zero-order valence-corrected chi connectivity index (χ0v) is 34.3. The lowest BCUT2D eigenvalue weighted by Gasteiger charge is -2.37. The molecule has 1 saturated heterocycles. The lowest BCUT2D eigenvalue weighted by molar-refractivity contribution is -0.132. The van der Waals surface area contributed by atoms with E-state index in [1.54, 1.807) is 0 Å². The van der Waals surface area contributed by atoms with E-state index in [-0.39, 0.29) is 34.4 Å². The number of sulfonamides is 1. The first-order valence-corrected chi connectivity index (χ1v) is 22.0. The zero-order valence-electron chi connectivity index (χ0n) is 33.5. The second kappa shape index (κ2) is 14.4. The molecule has 4 atom stereocenters. The van der Waals surface area contributed by atoms with E-state index in [1.165, 1.54) is 4.31 Å². The summed E-state index contributed by atoms with van der Waals surface area (Å²) in [5.74, 6) is 0.725. The van der Waals surface area contributed by atoms with Crippen LogP contribution in [0.4, 0.5) is 0 Å². The molecule has 9 rings (SSSR count). The van der Waals surface area contributed by atoms with Crippen LogP contribution in [-0.4, -0.2) is 56.7 Å². The average Bonchev–Trinajstić information content (AvgIpc) is 3.94. The molecule has 58 heavy (non-hydrogen) atoms. The molecule has 9 nitrogen and oxygen atoms in total. The van der Waals surface area contributed by atoms with Crippen molar-refractivity contribution in [1.82, 2.24) is 29.8 Å². The first kappa shape index (κ1) is 38.1. The van der Waals surface area contributed by atoms with Crippen LogP contribution in [0.3, 0.4) is 0 Å². The predicted octanol–water partition coefficient (Wildman–Crippen LogP) is 8.33. The molecule has 5 aromatic carbocycles. The highest BCUT2D eigenvalue weighted by atomic mass is 32.2. The Balaban J connectivity index is 1.02. The minimum absolute atomic E-state index is 0.0752. The summed E-state index contributed by atoms with van der Waals surface area (Å²) in [6.07, 6.45) is 2.68. The van der Waals surface area contributed by atoms with Crippen LogP contribution in [0, 0.1) is 22.7 Å². The number of aromatic nitrogens is 4. The van der Waals surface area contributed by atoms with Gasteiger partial charge in [-0.05, 0) is 80.3 Å². The van der Waals surface area contributed by atoms with Gasteiger partial charge in [0.15, 0.2) is 5.82 Å². The number of rotatable bonds is 11. The van der Waals surface area contributed by atoms with Gasteiger partial charge in [0.1, 0.15) is 5.54 Å². The van der Waals surface area contributed by atoms with Crippen molar-refractivity contribution in [2.24, 2.45) is 22.7 Å². The van der Waals surface area contributed by atoms with Crippen LogP contribution in [0.1, 0.15) is 69.2 Å². The maximum atomic E-state index is 14.3. The molecule has 0 radical (unpaired) electrons. The lowest BCUT2D eigenvalue weighted by atomic mass is 9.69. The van der Waals surface area contributed by atoms with Gasteiger partial charge in [-0.1, -0.05) is 167 Å². The number of amides is 1. The van der Waals surface area contributed by atoms with Crippen molar-refractivity contribution in [3.8, 4) is 22.5 Å². The Morgan fingerprint density at radius 2 is 1.36 bits per heavy atom. The number of carbonyl (C=O) groups is 1. The monoisotopic (exact) mass is 794 g/mol. The smallest absolute Gasteiger partial charge is 0.253 e. The van der Waals surface area contributed by atoms with Gasteiger partial charge in [0.2, 0.25) is 10.0 Å². The highest BCUT2D eigenvalue weighted by molar-refractivity contribution is 7.90. The molecule has 1 N–H and O–H groups in total. The summed E-state index contributed by atoms with van der Waals surface area (Å²) in [6, 6.07) is 46.7. The fourth-order valence-electron chi connectivity index (χ4n) is 10.8. The zero-order chi connectivity index (χ0) is 40.3. The van der Waals surface area contributed by atoms with Gasteiger partial charge >= 0.3 is 0 Å². The second-order valence-corrected chi connectivity index (χ2v) is 19.2. The number of fused-ring (bicyclic) bond motifs is 1. The molecule has 1 aromatic heterocycles. The fraction of sp³-hybridized carbons (Fsp3) is 0.333. The Morgan fingerprint density at radius 1 is 0.810 bits per heavy atom. The van der Waals surface area contributed by atoms with Gasteiger partial charge in [0, 0.05) is 17.5 Å². The van der Waals surface area contributed by atoms with E-state index in [0.717, 1.165) is 58.2 Å². The summed E-state index contributed by atoms with van der Waals surface area (Å²) >= 11 is 0. The average molecular weight is 795 g/mol. The van der Waals surface area contributed by atoms with E-state index in [4.69, 9.17) is 10.3 Å². The van der Waals surface area contributed by atoms with Crippen LogP contribution in [0.25, 0.3) is 22.5 Å². The molecule has 3 aliphatic rings. The molecule has 1 aliphatic heterocycles. The lowest BCUT2D eigenvalue weighted by Crippen LogP contribution is -2.53. The van der Waals surface area contributed by atoms with E-state index in [2.05, 4.69) is 97.2 Å². The molecule has 1 amide bonds. The SMILES string of the molecule is CC(C)[14C@H](NCc1ccc(-c2ccccc2-c2nnnn2C(c2ccccc2)(c2ccccc2)c2ccccc2)cc1)[14C](=O)N1[C@@H]2C[C@H]3CC[C@]2(CS1(=O)=O)C3(C)C. The van der Waals surface area contributed by atoms with Gasteiger partial charge in [0.05, 0.1) is 17.8 Å². The van der Waals surface area contributed by atoms with Crippen molar-refractivity contribution >= 4 is 15.9 Å². The molecular weight excluding hydrogens is 745 g/mol. The van der Waals surface area contributed by atoms with E-state index >= 15 is 0 Å². The molecule has 2 bridgehead atoms. The number of nitrogens with one attached hydrogen (secondary N) is 1. The van der Waals surface area contributed by atoms with Crippen LogP contribution in [0.2, 0.25) is 0 Å². The molecule has 6 aromatic rings. The number of hydrogen-bond acceptors (Lipinski definition) is 7. The number of nitrogens with zero attached hydrogens (tertiary/aromatic N) is 5. The van der Waals surface area contributed by atoms with Crippen molar-refractivity contribution in [2.45, 2.75) is 71.1 Å². The summed E-state index contributed by atoms with van der Waals surface area (Å²) in [4.78, 5) is 14.3. The van der Waals surface area contributed by atoms with Crippen LogP contribution >= 0.6 is 0 Å². The Bertz CT molecular complexity index is 2440. The van der Waals surface area contributed by atoms with Gasteiger partial charge in [-0.15, -0.1) is 5.10 Å². The van der Waals surface area contributed by atoms with Gasteiger partial charge in [-0.2, -0.15) is 0 Å². The Morgan fingerprint density at radius 3 is 1.91 bits per heavy atom. The van der Waals surface area contributed by atoms with Gasteiger partial charge in [-0.25, -0.2) is 17.4 Å². The van der Waals surface area contributed by atoms with Crippen molar-refractivity contribution in [1.29, 1.82) is 0 Å². The third-order valence-corrected chi connectivity index (χ3v) is 15.8. The quantitative estimate of drug-likeness (QED) is 0.131. The van der Waals surface area contributed by atoms with Crippen molar-refractivity contribution < 1.29 is 13.2 Å². The van der Waals surface area contributed by atoms with Gasteiger partial charge < -0.3 is 5.32 Å². The number of benzene rings is 5. The number of hydrogen-bond donors (Lipinski definition) is 1. The standard InChI is InChI=1S/C48H50N6O3S/c1-33(2)43(45(55)53-42-30-39-28-29-47(42,46(39,3)4)32-58(53,56)57)49-31-34-24-26-35(27-25-34)40-22-14-15-23-41(40)44-50-51-52-54(44)48(36-16-8-5-9-17-36,37-18-10-6-11-19-37)38-20-12-7-13-21-38/h5-27,33,39,42-43,49H,28-32H2,1-4H3/t39-,42-,43+,47-/m1/s1/i43+2,45+2. The molecule has 1 spiro atoms. The van der Waals surface area contributed by atoms with Crippen molar-refractivity contribution in [2.75, 3.05) is 5.75 Å². The fourth-order valence-corrected chi connectivity index (χ4v) is 13.3. The Hall–Kier alpha value is -5.45. The number of tetrazole rings is 1. The third kappa shape index (κ3) is 5.86. The maximum Gasteiger partial charge on any atom is 0.253 e. The van der Waals surface area contributed by atoms with E-state index in [0.29, 0.717) is 18.3 Å². The normalized spacial score (nSPS) is 22.3. The minimum atomic E-state index is -3.71. The molecule has 10 heteroatoms. The number of carbonyl (C=O) groups excluding carboxylic acids is 1. The van der Waals surface area contributed by atoms with Crippen LogP contribution in [0.5, 0.6) is 0 Å². The highest BCUT2D eigenvalue weighted by Gasteiger charge is 2.72. The first-order chi connectivity index (χ1) is 28.0. The molecule has 296 valence electrons. The molecule has 2 saturated carbocycles. The summed E-state index contributed by atoms with van der Waals surface area (Å²) in [5.41, 5.74) is 5.56. The van der Waals surface area contributed by atoms with Crippen LogP contribution in [0.15, 0.2) is 140 Å². The first-order valence-electron chi connectivity index (χ1n) is 20.4. The highest BCUT2D eigenvalue weighted by Crippen LogP contribution is 2.70. The van der Waals surface area contributed by atoms with Gasteiger partial charge in [0.25, 0.3) is 5.91 Å². The van der Waals surface area contributed by atoms with E-state index in [9.17, 15) is 13.2 Å². The molecule has 2 heterocycles. The van der Waals surface area contributed by atoms with Crippen LogP contribution < -0.4 is 5.32 Å². The Labute approximate surface area is 341 Å². The summed E-state index contributed by atoms with van der Waals surface area (Å²) in [5, 5.41) is 17.3. The van der Waals surface area contributed by atoms with Crippen molar-refractivity contribution in [3.63, 3.8) is 0 Å². The van der Waals surface area contributed by atoms with E-state index in [1.807, 2.05) is 85.3 Å². The molecule has 0 unspecified atom stereocenters. The topological polar surface area (TPSA) is 110 Å². The third-order valence-electron chi connectivity index (χ3n) is 13.9. The minimum Gasteiger partial charge on any atom is -0.302 e. The molecule has 2 aliphatic carbocycles.